The number of hydrogen-bond donors (Lipinski definition) is 2. The zero-order valence-corrected chi connectivity index (χ0v) is 18.5. The molecule has 5 nitrogen and oxygen atoms in total. The van der Waals surface area contributed by atoms with Gasteiger partial charge in [-0.2, -0.15) is 0 Å². The van der Waals surface area contributed by atoms with E-state index in [9.17, 15) is 14.7 Å². The minimum Gasteiger partial charge on any atom is -0.478 e. The molecule has 0 aliphatic carbocycles. The molecule has 1 unspecified atom stereocenters. The minimum absolute atomic E-state index is 0.0333. The summed E-state index contributed by atoms with van der Waals surface area (Å²) < 4.78 is 5.44. The molecule has 1 atom stereocenters. The van der Waals surface area contributed by atoms with Gasteiger partial charge in [-0.1, -0.05) is 53.5 Å². The molecule has 0 fully saturated rings. The van der Waals surface area contributed by atoms with Crippen molar-refractivity contribution in [3.63, 3.8) is 0 Å². The zero-order chi connectivity index (χ0) is 22.5. The van der Waals surface area contributed by atoms with Crippen LogP contribution in [0.2, 0.25) is 10.0 Å². The van der Waals surface area contributed by atoms with Gasteiger partial charge in [-0.3, -0.25) is 0 Å². The fourth-order valence-electron chi connectivity index (χ4n) is 3.53. The average molecular weight is 458 g/mol. The Morgan fingerprint density at radius 1 is 1.03 bits per heavy atom. The maximum absolute atomic E-state index is 13.0. The lowest BCUT2D eigenvalue weighted by atomic mass is 9.80. The van der Waals surface area contributed by atoms with E-state index in [0.717, 1.165) is 5.56 Å². The average Bonchev–Trinajstić information content (AvgIpc) is 2.71. The summed E-state index contributed by atoms with van der Waals surface area (Å²) in [5, 5.41) is 13.9. The lowest BCUT2D eigenvalue weighted by molar-refractivity contribution is -0.138. The third-order valence-electron chi connectivity index (χ3n) is 4.88. The van der Waals surface area contributed by atoms with E-state index in [0.29, 0.717) is 27.0 Å². The highest BCUT2D eigenvalue weighted by atomic mass is 35.5. The number of benzene rings is 2. The van der Waals surface area contributed by atoms with Crippen LogP contribution in [0.1, 0.15) is 30.9 Å². The number of carbonyl (C=O) groups excluding carboxylic acids is 1. The third kappa shape index (κ3) is 5.37. The monoisotopic (exact) mass is 457 g/mol. The Labute approximate surface area is 190 Å². The van der Waals surface area contributed by atoms with Gasteiger partial charge in [0.1, 0.15) is 6.61 Å². The smallest absolute Gasteiger partial charge is 0.337 e. The fourth-order valence-corrected chi connectivity index (χ4v) is 3.85. The summed E-state index contributed by atoms with van der Waals surface area (Å²) >= 11 is 12.0. The van der Waals surface area contributed by atoms with Crippen molar-refractivity contribution < 1.29 is 19.4 Å². The summed E-state index contributed by atoms with van der Waals surface area (Å²) in [7, 11) is 0. The van der Waals surface area contributed by atoms with Crippen molar-refractivity contribution in [2.45, 2.75) is 19.8 Å². The first-order valence-electron chi connectivity index (χ1n) is 9.54. The molecule has 2 N–H and O–H groups in total. The van der Waals surface area contributed by atoms with Crippen LogP contribution in [-0.2, 0) is 14.3 Å². The van der Waals surface area contributed by atoms with Crippen LogP contribution in [0.3, 0.4) is 0 Å². The van der Waals surface area contributed by atoms with Crippen LogP contribution in [0.4, 0.5) is 0 Å². The number of hydrogen-bond acceptors (Lipinski definition) is 4. The number of carboxylic acid groups (broad SMARTS) is 1. The number of esters is 1. The van der Waals surface area contributed by atoms with E-state index < -0.39 is 17.9 Å². The van der Waals surface area contributed by atoms with Crippen LogP contribution in [0.25, 0.3) is 6.08 Å². The number of allylic oxidation sites excluding steroid dienone is 2. The molecule has 0 spiro atoms. The highest BCUT2D eigenvalue weighted by Crippen LogP contribution is 2.39. The predicted octanol–water partition coefficient (Wildman–Crippen LogP) is 5.57. The Bertz CT molecular complexity index is 1100. The van der Waals surface area contributed by atoms with Crippen molar-refractivity contribution in [2.24, 2.45) is 0 Å². The molecule has 0 aromatic heterocycles. The van der Waals surface area contributed by atoms with E-state index in [2.05, 4.69) is 5.32 Å². The maximum atomic E-state index is 13.0. The van der Waals surface area contributed by atoms with Gasteiger partial charge in [0, 0.05) is 21.4 Å². The van der Waals surface area contributed by atoms with Gasteiger partial charge in [0.15, 0.2) is 0 Å². The maximum Gasteiger partial charge on any atom is 0.337 e. The van der Waals surface area contributed by atoms with E-state index >= 15 is 0 Å². The number of aliphatic carboxylic acids is 1. The highest BCUT2D eigenvalue weighted by molar-refractivity contribution is 6.30. The summed E-state index contributed by atoms with van der Waals surface area (Å²) in [6, 6.07) is 14.1. The van der Waals surface area contributed by atoms with E-state index in [1.807, 2.05) is 18.2 Å². The van der Waals surface area contributed by atoms with Gasteiger partial charge in [-0.05, 0) is 55.3 Å². The molecule has 0 bridgehead atoms. The van der Waals surface area contributed by atoms with Crippen LogP contribution < -0.4 is 5.32 Å². The van der Waals surface area contributed by atoms with Gasteiger partial charge < -0.3 is 15.2 Å². The van der Waals surface area contributed by atoms with Crippen LogP contribution in [0, 0.1) is 0 Å². The van der Waals surface area contributed by atoms with Gasteiger partial charge in [-0.15, -0.1) is 0 Å². The molecule has 0 saturated heterocycles. The molecule has 1 heterocycles. The lowest BCUT2D eigenvalue weighted by Crippen LogP contribution is -2.31. The van der Waals surface area contributed by atoms with Crippen LogP contribution in [0.15, 0.2) is 77.1 Å². The molecule has 0 radical (unpaired) electrons. The molecule has 7 heteroatoms. The Morgan fingerprint density at radius 2 is 1.71 bits per heavy atom. The molecule has 2 aromatic carbocycles. The summed E-state index contributed by atoms with van der Waals surface area (Å²) in [5.41, 5.74) is 2.85. The molecular formula is C24H21Cl2NO4. The second kappa shape index (κ2) is 9.86. The van der Waals surface area contributed by atoms with Crippen molar-refractivity contribution in [1.82, 2.24) is 5.32 Å². The quantitative estimate of drug-likeness (QED) is 0.554. The Balaban J connectivity index is 1.85. The number of dihydropyridines is 1. The first kappa shape index (κ1) is 22.7. The lowest BCUT2D eigenvalue weighted by Gasteiger charge is -2.29. The van der Waals surface area contributed by atoms with Crippen LogP contribution >= 0.6 is 23.2 Å². The van der Waals surface area contributed by atoms with Crippen molar-refractivity contribution in [1.29, 1.82) is 0 Å². The largest absolute Gasteiger partial charge is 0.478 e. The number of ether oxygens (including phenoxy) is 1. The van der Waals surface area contributed by atoms with Gasteiger partial charge in [0.25, 0.3) is 0 Å². The zero-order valence-electron chi connectivity index (χ0n) is 17.0. The molecule has 1 aliphatic heterocycles. The number of carboxylic acids is 1. The number of halogens is 2. The van der Waals surface area contributed by atoms with Gasteiger partial charge in [0.2, 0.25) is 0 Å². The Hall–Kier alpha value is -3.02. The van der Waals surface area contributed by atoms with E-state index in [1.165, 1.54) is 0 Å². The Kier molecular flexibility index (Phi) is 7.21. The first-order valence-corrected chi connectivity index (χ1v) is 10.3. The van der Waals surface area contributed by atoms with Crippen LogP contribution in [0.5, 0.6) is 0 Å². The summed E-state index contributed by atoms with van der Waals surface area (Å²) in [6.07, 6.45) is 3.52. The number of carbonyl (C=O) groups is 2. The molecule has 1 aliphatic rings. The second-order valence-corrected chi connectivity index (χ2v) is 7.92. The minimum atomic E-state index is -1.12. The third-order valence-corrected chi connectivity index (χ3v) is 5.37. The normalized spacial score (nSPS) is 16.5. The van der Waals surface area contributed by atoms with Crippen molar-refractivity contribution in [3.05, 3.63) is 98.3 Å². The molecule has 2 aromatic rings. The van der Waals surface area contributed by atoms with E-state index in [4.69, 9.17) is 27.9 Å². The molecule has 0 amide bonds. The van der Waals surface area contributed by atoms with E-state index in [1.54, 1.807) is 56.3 Å². The molecular weight excluding hydrogens is 437 g/mol. The van der Waals surface area contributed by atoms with Gasteiger partial charge >= 0.3 is 11.9 Å². The van der Waals surface area contributed by atoms with Gasteiger partial charge in [-0.25, -0.2) is 9.59 Å². The topological polar surface area (TPSA) is 75.6 Å². The predicted molar refractivity (Wildman–Crippen MR) is 122 cm³/mol. The van der Waals surface area contributed by atoms with Crippen molar-refractivity contribution in [3.8, 4) is 0 Å². The number of rotatable bonds is 6. The molecule has 3 rings (SSSR count). The summed E-state index contributed by atoms with van der Waals surface area (Å²) in [5.74, 6) is -2.51. The molecule has 31 heavy (non-hydrogen) atoms. The highest BCUT2D eigenvalue weighted by Gasteiger charge is 2.37. The fraction of sp³-hybridized carbons (Fsp3) is 0.167. The molecule has 0 saturated carbocycles. The SMILES string of the molecule is CC1=C(C(=O)O)C(c2cccc(Cl)c2)C(C(=O)OC/C=C/c2ccc(Cl)cc2)=C(C)N1. The standard InChI is InChI=1S/C24H21Cl2NO4/c1-14-20(23(28)29)22(17-6-3-7-19(26)13-17)21(15(2)27-14)24(30)31-12-4-5-16-8-10-18(25)11-9-16/h3-11,13,22,27H,12H2,1-2H3,(H,28,29)/b5-4+. The second-order valence-electron chi connectivity index (χ2n) is 7.05. The first-order chi connectivity index (χ1) is 14.8. The number of nitrogens with one attached hydrogen (secondary N) is 1. The van der Waals surface area contributed by atoms with Crippen LogP contribution in [-0.4, -0.2) is 23.7 Å². The Morgan fingerprint density at radius 3 is 2.35 bits per heavy atom. The molecule has 160 valence electrons. The van der Waals surface area contributed by atoms with Crippen molar-refractivity contribution >= 4 is 41.2 Å². The van der Waals surface area contributed by atoms with E-state index in [-0.39, 0.29) is 17.8 Å². The van der Waals surface area contributed by atoms with Crippen molar-refractivity contribution in [2.75, 3.05) is 6.61 Å². The summed E-state index contributed by atoms with van der Waals surface area (Å²) in [6.45, 7) is 3.42. The summed E-state index contributed by atoms with van der Waals surface area (Å²) in [4.78, 5) is 25.0. The van der Waals surface area contributed by atoms with Gasteiger partial charge in [0.05, 0.1) is 17.1 Å².